The first-order chi connectivity index (χ1) is 9.19. The molecule has 0 aliphatic carbocycles. The summed E-state index contributed by atoms with van der Waals surface area (Å²) in [7, 11) is 0. The van der Waals surface area contributed by atoms with E-state index in [2.05, 4.69) is 52.1 Å². The quantitative estimate of drug-likeness (QED) is 0.873. The number of thiazole rings is 1. The molecule has 2 aromatic rings. The molecule has 0 saturated heterocycles. The molecule has 6 heteroatoms. The lowest BCUT2D eigenvalue weighted by Gasteiger charge is -2.19. The molecule has 104 valence electrons. The molecule has 1 unspecified atom stereocenters. The van der Waals surface area contributed by atoms with Crippen LogP contribution in [-0.4, -0.2) is 21.3 Å². The molecule has 2 rings (SSSR count). The Morgan fingerprint density at radius 3 is 2.84 bits per heavy atom. The molecule has 0 fully saturated rings. The number of nitrogens with one attached hydrogen (secondary N) is 1. The predicted molar refractivity (Wildman–Crippen MR) is 82.6 cm³/mol. The van der Waals surface area contributed by atoms with Crippen molar-refractivity contribution in [1.29, 1.82) is 0 Å². The van der Waals surface area contributed by atoms with Crippen LogP contribution in [0.2, 0.25) is 0 Å². The van der Waals surface area contributed by atoms with Crippen LogP contribution >= 0.6 is 27.3 Å². The summed E-state index contributed by atoms with van der Waals surface area (Å²) in [6.45, 7) is 8.19. The minimum absolute atomic E-state index is 0.157. The lowest BCUT2D eigenvalue weighted by Crippen LogP contribution is -2.26. The molecular weight excluding hydrogens is 324 g/mol. The molecule has 0 aliphatic heterocycles. The van der Waals surface area contributed by atoms with E-state index in [9.17, 15) is 0 Å². The van der Waals surface area contributed by atoms with Crippen LogP contribution in [0.25, 0.3) is 0 Å². The second-order valence-corrected chi connectivity index (χ2v) is 6.12. The number of rotatable bonds is 6. The van der Waals surface area contributed by atoms with Gasteiger partial charge in [-0.2, -0.15) is 5.10 Å². The topological polar surface area (TPSA) is 42.7 Å². The van der Waals surface area contributed by atoms with Crippen molar-refractivity contribution in [3.63, 3.8) is 0 Å². The summed E-state index contributed by atoms with van der Waals surface area (Å²) in [5.74, 6) is 0. The molecule has 0 radical (unpaired) electrons. The van der Waals surface area contributed by atoms with Crippen molar-refractivity contribution in [3.05, 3.63) is 32.4 Å². The zero-order chi connectivity index (χ0) is 13.8. The Hall–Kier alpha value is -0.720. The number of nitrogens with zero attached hydrogens (tertiary/aromatic N) is 3. The Morgan fingerprint density at radius 2 is 2.26 bits per heavy atom. The van der Waals surface area contributed by atoms with Crippen molar-refractivity contribution in [2.45, 2.75) is 39.8 Å². The second-order valence-electron chi connectivity index (χ2n) is 4.38. The van der Waals surface area contributed by atoms with Gasteiger partial charge < -0.3 is 5.32 Å². The SMILES string of the molecule is CCCNC(c1scnc1C)c1c(Br)cnn1CC. The van der Waals surface area contributed by atoms with Gasteiger partial charge in [0.1, 0.15) is 0 Å². The largest absolute Gasteiger partial charge is 0.304 e. The van der Waals surface area contributed by atoms with E-state index in [0.29, 0.717) is 0 Å². The van der Waals surface area contributed by atoms with Gasteiger partial charge in [0.25, 0.3) is 0 Å². The molecule has 1 atom stereocenters. The fourth-order valence-electron chi connectivity index (χ4n) is 2.10. The summed E-state index contributed by atoms with van der Waals surface area (Å²) >= 11 is 5.32. The van der Waals surface area contributed by atoms with Crippen LogP contribution in [0.1, 0.15) is 42.6 Å². The third-order valence-corrected chi connectivity index (χ3v) is 4.66. The molecule has 0 spiro atoms. The van der Waals surface area contributed by atoms with E-state index < -0.39 is 0 Å². The van der Waals surface area contributed by atoms with Crippen LogP contribution in [0, 0.1) is 6.92 Å². The smallest absolute Gasteiger partial charge is 0.0872 e. The van der Waals surface area contributed by atoms with Crippen LogP contribution in [0.4, 0.5) is 0 Å². The van der Waals surface area contributed by atoms with Crippen molar-refractivity contribution in [2.75, 3.05) is 6.54 Å². The maximum Gasteiger partial charge on any atom is 0.0872 e. The molecular formula is C13H19BrN4S. The second kappa shape index (κ2) is 6.63. The first-order valence-corrected chi connectivity index (χ1v) is 8.20. The van der Waals surface area contributed by atoms with Crippen LogP contribution in [0.3, 0.4) is 0 Å². The lowest BCUT2D eigenvalue weighted by atomic mass is 10.1. The monoisotopic (exact) mass is 342 g/mol. The number of aromatic nitrogens is 3. The van der Waals surface area contributed by atoms with Gasteiger partial charge in [0.05, 0.1) is 38.5 Å². The maximum atomic E-state index is 4.42. The van der Waals surface area contributed by atoms with E-state index in [1.165, 1.54) is 10.6 Å². The van der Waals surface area contributed by atoms with Gasteiger partial charge in [0.2, 0.25) is 0 Å². The highest BCUT2D eigenvalue weighted by molar-refractivity contribution is 9.10. The molecule has 2 aromatic heterocycles. The van der Waals surface area contributed by atoms with Gasteiger partial charge in [-0.15, -0.1) is 11.3 Å². The minimum Gasteiger partial charge on any atom is -0.304 e. The average molecular weight is 343 g/mol. The van der Waals surface area contributed by atoms with Gasteiger partial charge in [0.15, 0.2) is 0 Å². The molecule has 0 amide bonds. The zero-order valence-corrected chi connectivity index (χ0v) is 13.9. The Bertz CT molecular complexity index is 534. The fraction of sp³-hybridized carbons (Fsp3) is 0.538. The molecule has 0 bridgehead atoms. The number of halogens is 1. The van der Waals surface area contributed by atoms with Gasteiger partial charge in [-0.3, -0.25) is 4.68 Å². The summed E-state index contributed by atoms with van der Waals surface area (Å²) < 4.78 is 3.09. The van der Waals surface area contributed by atoms with E-state index in [1.807, 2.05) is 16.4 Å². The Labute approximate surface area is 126 Å². The predicted octanol–water partition coefficient (Wildman–Crippen LogP) is 3.52. The standard InChI is InChI=1S/C13H19BrN4S/c1-4-6-15-11(13-9(3)16-8-19-13)12-10(14)7-17-18(12)5-2/h7-8,11,15H,4-6H2,1-3H3. The van der Waals surface area contributed by atoms with Gasteiger partial charge in [-0.05, 0) is 42.7 Å². The lowest BCUT2D eigenvalue weighted by molar-refractivity contribution is 0.531. The van der Waals surface area contributed by atoms with Gasteiger partial charge >= 0.3 is 0 Å². The maximum absolute atomic E-state index is 4.42. The van der Waals surface area contributed by atoms with Crippen molar-refractivity contribution in [1.82, 2.24) is 20.1 Å². The van der Waals surface area contributed by atoms with Gasteiger partial charge in [-0.25, -0.2) is 4.98 Å². The third kappa shape index (κ3) is 3.07. The molecule has 0 aromatic carbocycles. The molecule has 0 aliphatic rings. The highest BCUT2D eigenvalue weighted by Gasteiger charge is 2.23. The number of hydrogen-bond acceptors (Lipinski definition) is 4. The van der Waals surface area contributed by atoms with Crippen LogP contribution in [0.5, 0.6) is 0 Å². The van der Waals surface area contributed by atoms with Gasteiger partial charge in [0, 0.05) is 6.54 Å². The van der Waals surface area contributed by atoms with E-state index in [-0.39, 0.29) is 6.04 Å². The highest BCUT2D eigenvalue weighted by atomic mass is 79.9. The molecule has 19 heavy (non-hydrogen) atoms. The van der Waals surface area contributed by atoms with Crippen molar-refractivity contribution in [2.24, 2.45) is 0 Å². The molecule has 0 saturated carbocycles. The summed E-state index contributed by atoms with van der Waals surface area (Å²) in [5, 5.41) is 8.03. The van der Waals surface area contributed by atoms with Crippen molar-refractivity contribution >= 4 is 27.3 Å². The van der Waals surface area contributed by atoms with E-state index in [0.717, 1.165) is 29.7 Å². The summed E-state index contributed by atoms with van der Waals surface area (Å²) in [4.78, 5) is 5.64. The highest BCUT2D eigenvalue weighted by Crippen LogP contribution is 2.32. The number of aryl methyl sites for hydroxylation is 2. The minimum atomic E-state index is 0.157. The van der Waals surface area contributed by atoms with Crippen LogP contribution in [0.15, 0.2) is 16.2 Å². The van der Waals surface area contributed by atoms with Crippen molar-refractivity contribution in [3.8, 4) is 0 Å². The molecule has 1 N–H and O–H groups in total. The zero-order valence-electron chi connectivity index (χ0n) is 11.5. The Morgan fingerprint density at radius 1 is 1.47 bits per heavy atom. The van der Waals surface area contributed by atoms with Crippen molar-refractivity contribution < 1.29 is 0 Å². The van der Waals surface area contributed by atoms with Gasteiger partial charge in [-0.1, -0.05) is 6.92 Å². The average Bonchev–Trinajstić information content (AvgIpc) is 2.98. The van der Waals surface area contributed by atoms with E-state index in [4.69, 9.17) is 0 Å². The van der Waals surface area contributed by atoms with Crippen LogP contribution in [-0.2, 0) is 6.54 Å². The first kappa shape index (κ1) is 14.7. The molecule has 2 heterocycles. The van der Waals surface area contributed by atoms with E-state index >= 15 is 0 Å². The normalized spacial score (nSPS) is 12.8. The number of hydrogen-bond donors (Lipinski definition) is 1. The summed E-state index contributed by atoms with van der Waals surface area (Å²) in [5.41, 5.74) is 4.18. The summed E-state index contributed by atoms with van der Waals surface area (Å²) in [6, 6.07) is 0.157. The Kier molecular flexibility index (Phi) is 5.13. The van der Waals surface area contributed by atoms with E-state index in [1.54, 1.807) is 11.3 Å². The molecule has 4 nitrogen and oxygen atoms in total. The third-order valence-electron chi connectivity index (χ3n) is 3.05. The Balaban J connectivity index is 2.42. The van der Waals surface area contributed by atoms with Crippen LogP contribution < -0.4 is 5.32 Å². The first-order valence-electron chi connectivity index (χ1n) is 6.53. The fourth-order valence-corrected chi connectivity index (χ4v) is 3.51. The summed E-state index contributed by atoms with van der Waals surface area (Å²) in [6.07, 6.45) is 2.97.